The third-order valence-electron chi connectivity index (χ3n) is 2.62. The summed E-state index contributed by atoms with van der Waals surface area (Å²) in [6.07, 6.45) is 2.63. The van der Waals surface area contributed by atoms with Crippen LogP contribution in [-0.2, 0) is 16.6 Å². The Hall–Kier alpha value is -1.51. The lowest BCUT2D eigenvalue weighted by Gasteiger charge is -2.09. The van der Waals surface area contributed by atoms with Crippen molar-refractivity contribution in [2.45, 2.75) is 6.54 Å². The summed E-state index contributed by atoms with van der Waals surface area (Å²) in [7, 11) is -3.39. The van der Waals surface area contributed by atoms with Crippen LogP contribution < -0.4 is 10.0 Å². The Bertz CT molecular complexity index is 805. The number of hydrogen-bond donors (Lipinski definition) is 3. The molecule has 0 spiro atoms. The molecule has 0 radical (unpaired) electrons. The van der Waals surface area contributed by atoms with Crippen molar-refractivity contribution in [1.29, 1.82) is 0 Å². The zero-order valence-electron chi connectivity index (χ0n) is 11.5. The molecular formula is C13H13BrClN3O3S. The molecule has 0 atom stereocenters. The number of sulfonamides is 1. The van der Waals surface area contributed by atoms with Gasteiger partial charge in [0, 0.05) is 17.8 Å². The summed E-state index contributed by atoms with van der Waals surface area (Å²) in [6, 6.07) is 6.42. The number of aromatic nitrogens is 1. The largest absolute Gasteiger partial charge is 0.355 e. The van der Waals surface area contributed by atoms with Crippen molar-refractivity contribution in [3.05, 3.63) is 51.2 Å². The number of rotatable bonds is 5. The van der Waals surface area contributed by atoms with Gasteiger partial charge < -0.3 is 10.3 Å². The van der Waals surface area contributed by atoms with Crippen molar-refractivity contribution in [1.82, 2.24) is 10.3 Å². The normalized spacial score (nSPS) is 11.2. The van der Waals surface area contributed by atoms with Crippen molar-refractivity contribution in [3.63, 3.8) is 0 Å². The Labute approximate surface area is 141 Å². The van der Waals surface area contributed by atoms with E-state index in [4.69, 9.17) is 11.6 Å². The van der Waals surface area contributed by atoms with Gasteiger partial charge in [0.2, 0.25) is 10.0 Å². The highest BCUT2D eigenvalue weighted by Crippen LogP contribution is 2.20. The standard InChI is InChI=1S/C13H13BrClN3O3S/c1-22(20,21)18-11-3-8(2-10(15)5-11)6-17-13(19)9-4-12(14)16-7-9/h2-5,7,16,18H,6H2,1H3,(H,17,19). The van der Waals surface area contributed by atoms with Crippen LogP contribution in [0, 0.1) is 0 Å². The van der Waals surface area contributed by atoms with Crippen LogP contribution in [0.4, 0.5) is 5.69 Å². The molecule has 9 heteroatoms. The molecule has 0 unspecified atom stereocenters. The van der Waals surface area contributed by atoms with Gasteiger partial charge in [0.25, 0.3) is 5.91 Å². The summed E-state index contributed by atoms with van der Waals surface area (Å²) < 4.78 is 25.5. The molecule has 1 aromatic carbocycles. The van der Waals surface area contributed by atoms with Gasteiger partial charge in [0.15, 0.2) is 0 Å². The minimum atomic E-state index is -3.39. The van der Waals surface area contributed by atoms with Gasteiger partial charge in [0.1, 0.15) is 0 Å². The molecule has 0 bridgehead atoms. The van der Waals surface area contributed by atoms with Crippen molar-refractivity contribution in [3.8, 4) is 0 Å². The van der Waals surface area contributed by atoms with Gasteiger partial charge in [-0.2, -0.15) is 0 Å². The second-order valence-electron chi connectivity index (χ2n) is 4.64. The molecule has 0 aliphatic carbocycles. The second kappa shape index (κ2) is 6.72. The number of benzene rings is 1. The Balaban J connectivity index is 2.08. The van der Waals surface area contributed by atoms with Crippen molar-refractivity contribution in [2.75, 3.05) is 11.0 Å². The summed E-state index contributed by atoms with van der Waals surface area (Å²) in [5.74, 6) is -0.250. The van der Waals surface area contributed by atoms with Gasteiger partial charge in [-0.25, -0.2) is 8.42 Å². The van der Waals surface area contributed by atoms with Gasteiger partial charge in [-0.15, -0.1) is 0 Å². The molecule has 0 aliphatic heterocycles. The monoisotopic (exact) mass is 405 g/mol. The van der Waals surface area contributed by atoms with Crippen LogP contribution in [0.5, 0.6) is 0 Å². The number of carbonyl (C=O) groups excluding carboxylic acids is 1. The number of aromatic amines is 1. The summed E-state index contributed by atoms with van der Waals surface area (Å²) in [6.45, 7) is 0.223. The molecule has 2 aromatic rings. The zero-order valence-corrected chi connectivity index (χ0v) is 14.6. The molecule has 118 valence electrons. The fraction of sp³-hybridized carbons (Fsp3) is 0.154. The van der Waals surface area contributed by atoms with E-state index in [1.54, 1.807) is 24.4 Å². The zero-order chi connectivity index (χ0) is 16.3. The summed E-state index contributed by atoms with van der Waals surface area (Å²) in [4.78, 5) is 14.8. The van der Waals surface area contributed by atoms with E-state index in [1.807, 2.05) is 0 Å². The molecule has 6 nitrogen and oxygen atoms in total. The molecule has 2 rings (SSSR count). The number of hydrogen-bond acceptors (Lipinski definition) is 3. The Morgan fingerprint density at radius 1 is 1.32 bits per heavy atom. The van der Waals surface area contributed by atoms with Crippen molar-refractivity contribution >= 4 is 49.1 Å². The number of carbonyl (C=O) groups is 1. The van der Waals surface area contributed by atoms with Crippen molar-refractivity contribution in [2.24, 2.45) is 0 Å². The number of amides is 1. The van der Waals surface area contributed by atoms with E-state index in [0.29, 0.717) is 26.4 Å². The number of H-pyrrole nitrogens is 1. The maximum atomic E-state index is 11.9. The van der Waals surface area contributed by atoms with Crippen LogP contribution in [0.15, 0.2) is 35.1 Å². The predicted molar refractivity (Wildman–Crippen MR) is 89.6 cm³/mol. The Morgan fingerprint density at radius 3 is 2.64 bits per heavy atom. The average molecular weight is 407 g/mol. The van der Waals surface area contributed by atoms with Crippen molar-refractivity contribution < 1.29 is 13.2 Å². The molecule has 22 heavy (non-hydrogen) atoms. The van der Waals surface area contributed by atoms with E-state index in [1.165, 1.54) is 6.07 Å². The second-order valence-corrected chi connectivity index (χ2v) is 7.68. The first-order valence-corrected chi connectivity index (χ1v) is 9.18. The topological polar surface area (TPSA) is 91.1 Å². The molecule has 3 N–H and O–H groups in total. The third kappa shape index (κ3) is 5.04. The molecule has 0 saturated heterocycles. The summed E-state index contributed by atoms with van der Waals surface area (Å²) >= 11 is 9.18. The van der Waals surface area contributed by atoms with E-state index < -0.39 is 10.0 Å². The minimum absolute atomic E-state index is 0.223. The van der Waals surface area contributed by atoms with Crippen LogP contribution in [0.25, 0.3) is 0 Å². The van der Waals surface area contributed by atoms with E-state index in [-0.39, 0.29) is 12.5 Å². The highest BCUT2D eigenvalue weighted by molar-refractivity contribution is 9.10. The minimum Gasteiger partial charge on any atom is -0.355 e. The molecule has 1 heterocycles. The first kappa shape index (κ1) is 16.9. The van der Waals surface area contributed by atoms with Gasteiger partial charge in [-0.1, -0.05) is 11.6 Å². The molecular weight excluding hydrogens is 394 g/mol. The van der Waals surface area contributed by atoms with Gasteiger partial charge in [-0.05, 0) is 45.8 Å². The quantitative estimate of drug-likeness (QED) is 0.713. The number of halogens is 2. The van der Waals surface area contributed by atoms with E-state index in [0.717, 1.165) is 6.26 Å². The van der Waals surface area contributed by atoms with Crippen LogP contribution in [-0.4, -0.2) is 25.6 Å². The van der Waals surface area contributed by atoms with Crippen LogP contribution >= 0.6 is 27.5 Å². The van der Waals surface area contributed by atoms with Gasteiger partial charge in [-0.3, -0.25) is 9.52 Å². The molecule has 1 aromatic heterocycles. The fourth-order valence-electron chi connectivity index (χ4n) is 1.81. The number of nitrogens with one attached hydrogen (secondary N) is 3. The third-order valence-corrected chi connectivity index (χ3v) is 3.91. The molecule has 0 saturated carbocycles. The SMILES string of the molecule is CS(=O)(=O)Nc1cc(Cl)cc(CNC(=O)c2c[nH]c(Br)c2)c1. The highest BCUT2D eigenvalue weighted by Gasteiger charge is 2.09. The smallest absolute Gasteiger partial charge is 0.253 e. The summed E-state index contributed by atoms with van der Waals surface area (Å²) in [5, 5.41) is 3.11. The molecule has 0 fully saturated rings. The average Bonchev–Trinajstić information content (AvgIpc) is 2.80. The van der Waals surface area contributed by atoms with E-state index in [2.05, 4.69) is 31.0 Å². The first-order chi connectivity index (χ1) is 10.2. The lowest BCUT2D eigenvalue weighted by Crippen LogP contribution is -2.22. The van der Waals surface area contributed by atoms with E-state index in [9.17, 15) is 13.2 Å². The predicted octanol–water partition coefficient (Wildman–Crippen LogP) is 2.73. The molecule has 0 aliphatic rings. The van der Waals surface area contributed by atoms with E-state index >= 15 is 0 Å². The van der Waals surface area contributed by atoms with Crippen LogP contribution in [0.1, 0.15) is 15.9 Å². The lowest BCUT2D eigenvalue weighted by atomic mass is 10.2. The van der Waals surface area contributed by atoms with Gasteiger partial charge in [0.05, 0.1) is 22.1 Å². The number of anilines is 1. The Kier molecular flexibility index (Phi) is 5.15. The maximum absolute atomic E-state index is 11.9. The summed E-state index contributed by atoms with van der Waals surface area (Å²) in [5.41, 5.74) is 1.52. The highest BCUT2D eigenvalue weighted by atomic mass is 79.9. The van der Waals surface area contributed by atoms with Crippen LogP contribution in [0.2, 0.25) is 5.02 Å². The first-order valence-electron chi connectivity index (χ1n) is 6.12. The fourth-order valence-corrected chi connectivity index (χ4v) is 2.97. The Morgan fingerprint density at radius 2 is 2.05 bits per heavy atom. The molecule has 1 amide bonds. The van der Waals surface area contributed by atoms with Gasteiger partial charge >= 0.3 is 0 Å². The van der Waals surface area contributed by atoms with Crippen LogP contribution in [0.3, 0.4) is 0 Å². The lowest BCUT2D eigenvalue weighted by molar-refractivity contribution is 0.0951. The maximum Gasteiger partial charge on any atom is 0.253 e.